The van der Waals surface area contributed by atoms with Crippen molar-refractivity contribution in [1.82, 2.24) is 9.55 Å². The maximum Gasteiger partial charge on any atom is 0.348 e. The minimum absolute atomic E-state index is 0.245. The molecule has 0 aliphatic carbocycles. The van der Waals surface area contributed by atoms with Crippen LogP contribution >= 0.6 is 0 Å². The second-order valence-electron chi connectivity index (χ2n) is 2.56. The lowest BCUT2D eigenvalue weighted by atomic mass is 10.2. The number of rotatable bonds is 3. The zero-order chi connectivity index (χ0) is 10.6. The Labute approximate surface area is 80.9 Å². The molecule has 0 amide bonds. The average Bonchev–Trinajstić information content (AvgIpc) is 2.65. The molecule has 0 fully saturated rings. The molecule has 1 rings (SSSR count). The highest BCUT2D eigenvalue weighted by Crippen LogP contribution is 2.14. The molecule has 0 saturated carbocycles. The summed E-state index contributed by atoms with van der Waals surface area (Å²) in [5.41, 5.74) is 0.197. The molecule has 1 N–H and O–H groups in total. The van der Waals surface area contributed by atoms with Crippen LogP contribution in [0.1, 0.15) is 13.3 Å². The van der Waals surface area contributed by atoms with Gasteiger partial charge in [0, 0.05) is 18.1 Å². The lowest BCUT2D eigenvalue weighted by Crippen LogP contribution is -2.05. The van der Waals surface area contributed by atoms with E-state index in [9.17, 15) is 4.79 Å². The molecule has 1 heterocycles. The van der Waals surface area contributed by atoms with E-state index in [1.807, 2.05) is 0 Å². The molecular formula is C9H9N3O2. The second-order valence-corrected chi connectivity index (χ2v) is 2.56. The van der Waals surface area contributed by atoms with Gasteiger partial charge >= 0.3 is 5.97 Å². The molecule has 0 unspecified atom stereocenters. The molecule has 1 aromatic heterocycles. The van der Waals surface area contributed by atoms with Gasteiger partial charge in [-0.05, 0) is 6.42 Å². The Kier molecular flexibility index (Phi) is 3.02. The average molecular weight is 191 g/mol. The van der Waals surface area contributed by atoms with Crippen molar-refractivity contribution < 1.29 is 9.90 Å². The van der Waals surface area contributed by atoms with Crippen molar-refractivity contribution in [3.05, 3.63) is 24.3 Å². The largest absolute Gasteiger partial charge is 0.477 e. The van der Waals surface area contributed by atoms with Crippen molar-refractivity contribution in [2.24, 2.45) is 0 Å². The third-order valence-corrected chi connectivity index (χ3v) is 1.77. The van der Waals surface area contributed by atoms with Crippen molar-refractivity contribution in [2.75, 3.05) is 0 Å². The van der Waals surface area contributed by atoms with E-state index < -0.39 is 5.97 Å². The van der Waals surface area contributed by atoms with Crippen molar-refractivity contribution in [1.29, 1.82) is 5.26 Å². The molecule has 5 heteroatoms. The van der Waals surface area contributed by atoms with Gasteiger partial charge in [-0.2, -0.15) is 5.26 Å². The maximum atomic E-state index is 10.7. The van der Waals surface area contributed by atoms with Crippen LogP contribution in [0.3, 0.4) is 0 Å². The molecule has 5 nitrogen and oxygen atoms in total. The van der Waals surface area contributed by atoms with Crippen molar-refractivity contribution in [2.45, 2.75) is 13.3 Å². The van der Waals surface area contributed by atoms with E-state index in [2.05, 4.69) is 4.98 Å². The van der Waals surface area contributed by atoms with Crippen LogP contribution < -0.4 is 0 Å². The van der Waals surface area contributed by atoms with Crippen LogP contribution in [0.5, 0.6) is 0 Å². The Bertz CT molecular complexity index is 398. The molecule has 0 atom stereocenters. The van der Waals surface area contributed by atoms with E-state index in [0.717, 1.165) is 0 Å². The normalized spacial score (nSPS) is 11.7. The third-order valence-electron chi connectivity index (χ3n) is 1.77. The van der Waals surface area contributed by atoms with Crippen molar-refractivity contribution in [3.8, 4) is 6.07 Å². The second kappa shape index (κ2) is 4.23. The maximum absolute atomic E-state index is 10.7. The molecule has 0 saturated heterocycles. The number of nitrogens with zero attached hydrogens (tertiary/aromatic N) is 3. The summed E-state index contributed by atoms with van der Waals surface area (Å²) < 4.78 is 1.53. The molecule has 0 aliphatic rings. The van der Waals surface area contributed by atoms with Gasteiger partial charge in [0.05, 0.1) is 6.33 Å². The first-order valence-corrected chi connectivity index (χ1v) is 4.05. The van der Waals surface area contributed by atoms with E-state index in [-0.39, 0.29) is 5.57 Å². The van der Waals surface area contributed by atoms with E-state index >= 15 is 0 Å². The highest BCUT2D eigenvalue weighted by Gasteiger charge is 2.13. The first kappa shape index (κ1) is 9.99. The summed E-state index contributed by atoms with van der Waals surface area (Å²) in [6, 6.07) is 1.67. The number of aromatic nitrogens is 2. The van der Waals surface area contributed by atoms with Gasteiger partial charge in [0.15, 0.2) is 5.57 Å². The fraction of sp³-hybridized carbons (Fsp3) is 0.222. The van der Waals surface area contributed by atoms with Gasteiger partial charge in [0.25, 0.3) is 0 Å². The van der Waals surface area contributed by atoms with Gasteiger partial charge in [-0.25, -0.2) is 9.78 Å². The predicted molar refractivity (Wildman–Crippen MR) is 49.0 cm³/mol. The summed E-state index contributed by atoms with van der Waals surface area (Å²) in [6.45, 7) is 1.79. The molecule has 0 aromatic carbocycles. The molecule has 72 valence electrons. The van der Waals surface area contributed by atoms with Crippen LogP contribution in [0.2, 0.25) is 0 Å². The number of hydrogen-bond donors (Lipinski definition) is 1. The SMILES string of the molecule is CCC(=C(C#N)C(=O)O)n1ccnc1. The number of allylic oxidation sites excluding steroid dienone is 1. The standard InChI is InChI=1S/C9H9N3O2/c1-2-8(7(5-10)9(13)14)12-4-3-11-6-12/h3-4,6H,2H2,1H3,(H,13,14). The van der Waals surface area contributed by atoms with Crippen LogP contribution in [0.15, 0.2) is 24.3 Å². The monoisotopic (exact) mass is 191 g/mol. The van der Waals surface area contributed by atoms with Crippen LogP contribution in [-0.4, -0.2) is 20.6 Å². The van der Waals surface area contributed by atoms with Crippen molar-refractivity contribution in [3.63, 3.8) is 0 Å². The number of carbonyl (C=O) groups is 1. The molecule has 0 aliphatic heterocycles. The third kappa shape index (κ3) is 1.80. The summed E-state index contributed by atoms with van der Waals surface area (Å²) in [5, 5.41) is 17.4. The van der Waals surface area contributed by atoms with Crippen molar-refractivity contribution >= 4 is 11.7 Å². The first-order valence-electron chi connectivity index (χ1n) is 4.05. The van der Waals surface area contributed by atoms with E-state index in [1.54, 1.807) is 19.2 Å². The van der Waals surface area contributed by atoms with E-state index in [1.165, 1.54) is 17.1 Å². The Hall–Kier alpha value is -2.09. The quantitative estimate of drug-likeness (QED) is 0.573. The number of carboxylic acids is 1. The number of nitriles is 1. The zero-order valence-electron chi connectivity index (χ0n) is 7.64. The van der Waals surface area contributed by atoms with E-state index in [0.29, 0.717) is 12.1 Å². The van der Waals surface area contributed by atoms with Crippen LogP contribution in [0, 0.1) is 11.3 Å². The van der Waals surface area contributed by atoms with Gasteiger partial charge in [-0.15, -0.1) is 0 Å². The molecule has 0 radical (unpaired) electrons. The minimum atomic E-state index is -1.21. The molecule has 1 aromatic rings. The minimum Gasteiger partial charge on any atom is -0.477 e. The Morgan fingerprint density at radius 2 is 2.43 bits per heavy atom. The Balaban J connectivity index is 3.26. The number of imidazole rings is 1. The summed E-state index contributed by atoms with van der Waals surface area (Å²) in [4.78, 5) is 14.5. The Morgan fingerprint density at radius 1 is 1.71 bits per heavy atom. The van der Waals surface area contributed by atoms with Gasteiger partial charge in [-0.1, -0.05) is 6.92 Å². The first-order chi connectivity index (χ1) is 6.70. The predicted octanol–water partition coefficient (Wildman–Crippen LogP) is 1.11. The summed E-state index contributed by atoms with van der Waals surface area (Å²) in [6.07, 6.45) is 5.08. The van der Waals surface area contributed by atoms with Gasteiger partial charge in [-0.3, -0.25) is 0 Å². The lowest BCUT2D eigenvalue weighted by molar-refractivity contribution is -0.132. The highest BCUT2D eigenvalue weighted by molar-refractivity contribution is 5.97. The van der Waals surface area contributed by atoms with Gasteiger partial charge in [0.2, 0.25) is 0 Å². The van der Waals surface area contributed by atoms with Crippen LogP contribution in [0.25, 0.3) is 5.70 Å². The lowest BCUT2D eigenvalue weighted by Gasteiger charge is -2.05. The Morgan fingerprint density at radius 3 is 2.79 bits per heavy atom. The van der Waals surface area contributed by atoms with Gasteiger partial charge in [0.1, 0.15) is 6.07 Å². The topological polar surface area (TPSA) is 78.9 Å². The summed E-state index contributed by atoms with van der Waals surface area (Å²) >= 11 is 0. The number of hydrogen-bond acceptors (Lipinski definition) is 3. The summed E-state index contributed by atoms with van der Waals surface area (Å²) in [5.74, 6) is -1.21. The number of aliphatic carboxylic acids is 1. The number of carboxylic acid groups (broad SMARTS) is 1. The molecule has 0 spiro atoms. The molecule has 0 bridgehead atoms. The van der Waals surface area contributed by atoms with Crippen LogP contribution in [0.4, 0.5) is 0 Å². The fourth-order valence-corrected chi connectivity index (χ4v) is 1.14. The van der Waals surface area contributed by atoms with Crippen LogP contribution in [-0.2, 0) is 4.79 Å². The van der Waals surface area contributed by atoms with Gasteiger partial charge < -0.3 is 9.67 Å². The smallest absolute Gasteiger partial charge is 0.348 e. The fourth-order valence-electron chi connectivity index (χ4n) is 1.14. The highest BCUT2D eigenvalue weighted by atomic mass is 16.4. The molecule has 14 heavy (non-hydrogen) atoms. The molecular weight excluding hydrogens is 182 g/mol. The van der Waals surface area contributed by atoms with E-state index in [4.69, 9.17) is 10.4 Å². The zero-order valence-corrected chi connectivity index (χ0v) is 7.64. The summed E-state index contributed by atoms with van der Waals surface area (Å²) in [7, 11) is 0.